The lowest BCUT2D eigenvalue weighted by Crippen LogP contribution is -2.23. The van der Waals surface area contributed by atoms with Crippen molar-refractivity contribution < 1.29 is 9.42 Å². The fourth-order valence-corrected chi connectivity index (χ4v) is 3.66. The van der Waals surface area contributed by atoms with Crippen LogP contribution in [0.15, 0.2) is 64.3 Å². The van der Waals surface area contributed by atoms with Crippen LogP contribution in [-0.4, -0.2) is 36.9 Å². The van der Waals surface area contributed by atoms with Gasteiger partial charge in [0, 0.05) is 11.1 Å². The number of benzene rings is 2. The van der Waals surface area contributed by atoms with Crippen molar-refractivity contribution in [1.82, 2.24) is 30.7 Å². The highest BCUT2D eigenvalue weighted by Gasteiger charge is 2.25. The minimum absolute atomic E-state index is 0.0353. The molecule has 10 nitrogen and oxygen atoms in total. The van der Waals surface area contributed by atoms with Gasteiger partial charge in [0.1, 0.15) is 5.69 Å². The molecule has 4 aromatic rings. The third-order valence-electron chi connectivity index (χ3n) is 5.11. The number of fused-ring (bicyclic) bond motifs is 1. The number of aryl methyl sites for hydroxylation is 1. The number of nitrogens with two attached hydrogens (primary N) is 1. The third kappa shape index (κ3) is 3.44. The summed E-state index contributed by atoms with van der Waals surface area (Å²) in [6.45, 7) is 0. The molecule has 0 saturated heterocycles. The molecule has 0 fully saturated rings. The van der Waals surface area contributed by atoms with Gasteiger partial charge >= 0.3 is 0 Å². The van der Waals surface area contributed by atoms with Crippen LogP contribution < -0.4 is 11.2 Å². The molecule has 10 heteroatoms. The van der Waals surface area contributed by atoms with Crippen LogP contribution in [0.1, 0.15) is 34.5 Å². The van der Waals surface area contributed by atoms with Gasteiger partial charge in [-0.2, -0.15) is 9.78 Å². The van der Waals surface area contributed by atoms with Gasteiger partial charge < -0.3 is 5.73 Å². The van der Waals surface area contributed by atoms with E-state index in [0.29, 0.717) is 11.3 Å². The lowest BCUT2D eigenvalue weighted by molar-refractivity contribution is 0.0950. The first-order valence-corrected chi connectivity index (χ1v) is 9.77. The van der Waals surface area contributed by atoms with Gasteiger partial charge in [-0.15, -0.1) is 5.10 Å². The lowest BCUT2D eigenvalue weighted by atomic mass is 9.90. The van der Waals surface area contributed by atoms with Crippen LogP contribution in [0, 0.1) is 0 Å². The molecule has 2 heterocycles. The molecule has 154 valence electrons. The standard InChI is InChI=1S/C21H18N8O2/c22-19-20(27-31-26-19)29-18(14-8-2-1-3-9-14)17(24-28-29)21(30)25-23-16-12-6-10-13-7-4-5-11-15(13)16/h1-5,7-9,11H,6,10,12H2,(H2,22,26)(H,25,30). The fraction of sp³-hybridized carbons (Fsp3) is 0.143. The molecule has 2 aromatic carbocycles. The largest absolute Gasteiger partial charge is 0.378 e. The van der Waals surface area contributed by atoms with Gasteiger partial charge in [0.05, 0.1) is 5.71 Å². The van der Waals surface area contributed by atoms with Crippen molar-refractivity contribution in [2.45, 2.75) is 19.3 Å². The quantitative estimate of drug-likeness (QED) is 0.489. The number of rotatable bonds is 4. The molecule has 0 unspecified atom stereocenters. The van der Waals surface area contributed by atoms with E-state index >= 15 is 0 Å². The highest BCUT2D eigenvalue weighted by Crippen LogP contribution is 2.26. The second-order valence-electron chi connectivity index (χ2n) is 7.05. The number of amides is 1. The van der Waals surface area contributed by atoms with Crippen molar-refractivity contribution in [2.24, 2.45) is 5.10 Å². The Labute approximate surface area is 176 Å². The summed E-state index contributed by atoms with van der Waals surface area (Å²) in [5.41, 5.74) is 12.8. The molecule has 1 aliphatic carbocycles. The maximum atomic E-state index is 13.0. The van der Waals surface area contributed by atoms with Crippen LogP contribution in [0.25, 0.3) is 17.1 Å². The first-order chi connectivity index (χ1) is 15.2. The topological polar surface area (TPSA) is 137 Å². The molecule has 0 aliphatic heterocycles. The Bertz CT molecular complexity index is 1280. The van der Waals surface area contributed by atoms with E-state index in [4.69, 9.17) is 5.73 Å². The van der Waals surface area contributed by atoms with Gasteiger partial charge in [-0.25, -0.2) is 10.1 Å². The predicted molar refractivity (Wildman–Crippen MR) is 112 cm³/mol. The molecule has 0 atom stereocenters. The summed E-state index contributed by atoms with van der Waals surface area (Å²) in [6.07, 6.45) is 2.77. The van der Waals surface area contributed by atoms with E-state index in [1.165, 1.54) is 10.2 Å². The summed E-state index contributed by atoms with van der Waals surface area (Å²) >= 11 is 0. The van der Waals surface area contributed by atoms with Crippen molar-refractivity contribution in [3.63, 3.8) is 0 Å². The average Bonchev–Trinajstić information content (AvgIpc) is 3.44. The summed E-state index contributed by atoms with van der Waals surface area (Å²) in [4.78, 5) is 13.0. The molecule has 0 bridgehead atoms. The van der Waals surface area contributed by atoms with Crippen LogP contribution in [0.4, 0.5) is 5.82 Å². The Morgan fingerprint density at radius 1 is 1.06 bits per heavy atom. The van der Waals surface area contributed by atoms with Crippen LogP contribution in [0.5, 0.6) is 0 Å². The summed E-state index contributed by atoms with van der Waals surface area (Å²) in [5, 5.41) is 19.9. The fourth-order valence-electron chi connectivity index (χ4n) is 3.66. The minimum Gasteiger partial charge on any atom is -0.378 e. The Morgan fingerprint density at radius 2 is 1.87 bits per heavy atom. The molecule has 0 spiro atoms. The number of anilines is 1. The number of nitrogen functional groups attached to an aromatic ring is 1. The first kappa shape index (κ1) is 18.7. The van der Waals surface area contributed by atoms with Crippen LogP contribution >= 0.6 is 0 Å². The predicted octanol–water partition coefficient (Wildman–Crippen LogP) is 2.37. The molecule has 1 aliphatic rings. The normalized spacial score (nSPS) is 14.4. The van der Waals surface area contributed by atoms with Crippen molar-refractivity contribution in [3.8, 4) is 17.1 Å². The van der Waals surface area contributed by atoms with Gasteiger partial charge in [-0.3, -0.25) is 4.79 Å². The number of hydrogen-bond acceptors (Lipinski definition) is 8. The SMILES string of the molecule is Nc1nonc1-n1nnc(C(=O)NN=C2CCCc3ccccc32)c1-c1ccccc1. The van der Waals surface area contributed by atoms with E-state index in [1.807, 2.05) is 48.5 Å². The third-order valence-corrected chi connectivity index (χ3v) is 5.11. The molecule has 1 amide bonds. The number of aromatic nitrogens is 5. The van der Waals surface area contributed by atoms with Gasteiger partial charge in [-0.1, -0.05) is 59.8 Å². The van der Waals surface area contributed by atoms with E-state index in [0.717, 1.165) is 30.5 Å². The van der Waals surface area contributed by atoms with Crippen LogP contribution in [-0.2, 0) is 6.42 Å². The van der Waals surface area contributed by atoms with Crippen molar-refractivity contribution >= 4 is 17.4 Å². The monoisotopic (exact) mass is 414 g/mol. The van der Waals surface area contributed by atoms with Crippen molar-refractivity contribution in [2.75, 3.05) is 5.73 Å². The summed E-state index contributed by atoms with van der Waals surface area (Å²) in [5.74, 6) is -0.304. The van der Waals surface area contributed by atoms with Gasteiger partial charge in [-0.05, 0) is 35.1 Å². The van der Waals surface area contributed by atoms with Gasteiger partial charge in [0.15, 0.2) is 5.69 Å². The molecule has 2 aromatic heterocycles. The second kappa shape index (κ2) is 7.82. The minimum atomic E-state index is -0.490. The van der Waals surface area contributed by atoms with Gasteiger partial charge in [0.25, 0.3) is 5.91 Å². The van der Waals surface area contributed by atoms with E-state index in [1.54, 1.807) is 0 Å². The molecular formula is C21H18N8O2. The Balaban J connectivity index is 1.52. The lowest BCUT2D eigenvalue weighted by Gasteiger charge is -2.17. The molecular weight excluding hydrogens is 396 g/mol. The molecule has 5 rings (SSSR count). The highest BCUT2D eigenvalue weighted by molar-refractivity contribution is 6.04. The number of hydrazone groups is 1. The maximum Gasteiger partial charge on any atom is 0.294 e. The summed E-state index contributed by atoms with van der Waals surface area (Å²) in [6, 6.07) is 17.3. The highest BCUT2D eigenvalue weighted by atomic mass is 16.6. The maximum absolute atomic E-state index is 13.0. The smallest absolute Gasteiger partial charge is 0.294 e. The molecule has 3 N–H and O–H groups in total. The molecule has 31 heavy (non-hydrogen) atoms. The number of carbonyl (C=O) groups excluding carboxylic acids is 1. The zero-order valence-electron chi connectivity index (χ0n) is 16.4. The zero-order chi connectivity index (χ0) is 21.2. The number of hydrogen-bond donors (Lipinski definition) is 2. The summed E-state index contributed by atoms with van der Waals surface area (Å²) < 4.78 is 6.02. The Hall–Kier alpha value is -4.34. The molecule has 0 saturated carbocycles. The molecule has 0 radical (unpaired) electrons. The van der Waals surface area contributed by atoms with Crippen LogP contribution in [0.2, 0.25) is 0 Å². The van der Waals surface area contributed by atoms with Crippen molar-refractivity contribution in [3.05, 3.63) is 71.4 Å². The average molecular weight is 414 g/mol. The van der Waals surface area contributed by atoms with Gasteiger partial charge in [0.2, 0.25) is 11.6 Å². The van der Waals surface area contributed by atoms with Crippen LogP contribution in [0.3, 0.4) is 0 Å². The number of nitrogens with one attached hydrogen (secondary N) is 1. The van der Waals surface area contributed by atoms with Crippen molar-refractivity contribution in [1.29, 1.82) is 0 Å². The van der Waals surface area contributed by atoms with E-state index in [2.05, 4.69) is 41.8 Å². The zero-order valence-corrected chi connectivity index (χ0v) is 16.4. The summed E-state index contributed by atoms with van der Waals surface area (Å²) in [7, 11) is 0. The van der Waals surface area contributed by atoms with E-state index in [-0.39, 0.29) is 17.3 Å². The van der Waals surface area contributed by atoms with E-state index in [9.17, 15) is 4.79 Å². The number of carbonyl (C=O) groups is 1. The Morgan fingerprint density at radius 3 is 2.68 bits per heavy atom. The van der Waals surface area contributed by atoms with E-state index < -0.39 is 5.91 Å². The first-order valence-electron chi connectivity index (χ1n) is 9.77. The second-order valence-corrected chi connectivity index (χ2v) is 7.05. The Kier molecular flexibility index (Phi) is 4.71. The number of nitrogens with zero attached hydrogens (tertiary/aromatic N) is 6.